The minimum Gasteiger partial charge on any atom is -0.313 e. The second-order valence-electron chi connectivity index (χ2n) is 4.59. The van der Waals surface area contributed by atoms with Crippen molar-refractivity contribution in [1.82, 2.24) is 10.6 Å². The van der Waals surface area contributed by atoms with Gasteiger partial charge in [-0.25, -0.2) is 0 Å². The van der Waals surface area contributed by atoms with E-state index >= 15 is 0 Å². The van der Waals surface area contributed by atoms with Gasteiger partial charge in [-0.1, -0.05) is 20.3 Å². The Morgan fingerprint density at radius 2 is 2.08 bits per heavy atom. The van der Waals surface area contributed by atoms with Gasteiger partial charge in [-0.15, -0.1) is 0 Å². The molecule has 1 aliphatic heterocycles. The predicted octanol–water partition coefficient (Wildman–Crippen LogP) is 1.76. The maximum atomic E-state index is 3.59. The van der Waals surface area contributed by atoms with Crippen molar-refractivity contribution in [2.45, 2.75) is 52.1 Å². The van der Waals surface area contributed by atoms with E-state index in [1.807, 2.05) is 0 Å². The Hall–Kier alpha value is -0.0800. The van der Waals surface area contributed by atoms with Crippen LogP contribution in [0.5, 0.6) is 0 Å². The highest BCUT2D eigenvalue weighted by atomic mass is 15.0. The van der Waals surface area contributed by atoms with Crippen molar-refractivity contribution in [1.29, 1.82) is 0 Å². The summed E-state index contributed by atoms with van der Waals surface area (Å²) in [7, 11) is 0. The molecule has 1 rings (SSSR count). The fraction of sp³-hybridized carbons (Fsp3) is 1.00. The Balaban J connectivity index is 2.10. The molecule has 1 fully saturated rings. The highest BCUT2D eigenvalue weighted by Crippen LogP contribution is 2.07. The minimum atomic E-state index is 0.642. The SMILES string of the molecule is CC(C)C(C)NCC1CCCCN1. The number of rotatable bonds is 4. The Bertz CT molecular complexity index is 128. The van der Waals surface area contributed by atoms with Gasteiger partial charge in [-0.3, -0.25) is 0 Å². The first-order valence-electron chi connectivity index (χ1n) is 5.67. The summed E-state index contributed by atoms with van der Waals surface area (Å²) in [5.74, 6) is 0.739. The predicted molar refractivity (Wildman–Crippen MR) is 57.9 cm³/mol. The molecule has 0 aromatic heterocycles. The van der Waals surface area contributed by atoms with Crippen LogP contribution in [-0.4, -0.2) is 25.2 Å². The molecule has 0 spiro atoms. The maximum absolute atomic E-state index is 3.59. The summed E-state index contributed by atoms with van der Waals surface area (Å²) in [4.78, 5) is 0. The third-order valence-corrected chi connectivity index (χ3v) is 3.10. The first-order chi connectivity index (χ1) is 6.20. The zero-order valence-electron chi connectivity index (χ0n) is 9.27. The van der Waals surface area contributed by atoms with Crippen molar-refractivity contribution in [3.05, 3.63) is 0 Å². The topological polar surface area (TPSA) is 24.1 Å². The highest BCUT2D eigenvalue weighted by molar-refractivity contribution is 4.76. The van der Waals surface area contributed by atoms with Crippen LogP contribution >= 0.6 is 0 Å². The van der Waals surface area contributed by atoms with Crippen LogP contribution in [0.4, 0.5) is 0 Å². The lowest BCUT2D eigenvalue weighted by Gasteiger charge is -2.26. The molecule has 1 saturated heterocycles. The monoisotopic (exact) mass is 184 g/mol. The van der Waals surface area contributed by atoms with E-state index in [2.05, 4.69) is 31.4 Å². The molecule has 1 heterocycles. The van der Waals surface area contributed by atoms with E-state index in [-0.39, 0.29) is 0 Å². The van der Waals surface area contributed by atoms with Crippen LogP contribution in [-0.2, 0) is 0 Å². The molecule has 2 N–H and O–H groups in total. The molecule has 0 aromatic rings. The van der Waals surface area contributed by atoms with Crippen LogP contribution in [0.3, 0.4) is 0 Å². The number of hydrogen-bond donors (Lipinski definition) is 2. The first kappa shape index (κ1) is 11.0. The molecule has 2 atom stereocenters. The molecule has 1 aliphatic rings. The number of hydrogen-bond acceptors (Lipinski definition) is 2. The summed E-state index contributed by atoms with van der Waals surface area (Å²) in [6.07, 6.45) is 4.10. The lowest BCUT2D eigenvalue weighted by molar-refractivity contribution is 0.345. The second-order valence-corrected chi connectivity index (χ2v) is 4.59. The molecule has 0 saturated carbocycles. The van der Waals surface area contributed by atoms with Gasteiger partial charge in [0.2, 0.25) is 0 Å². The van der Waals surface area contributed by atoms with Crippen LogP contribution in [0.1, 0.15) is 40.0 Å². The zero-order chi connectivity index (χ0) is 9.68. The fourth-order valence-corrected chi connectivity index (χ4v) is 1.66. The van der Waals surface area contributed by atoms with Crippen molar-refractivity contribution < 1.29 is 0 Å². The minimum absolute atomic E-state index is 0.642. The van der Waals surface area contributed by atoms with Crippen LogP contribution in [0, 0.1) is 5.92 Å². The summed E-state index contributed by atoms with van der Waals surface area (Å²) in [6, 6.07) is 1.36. The molecular formula is C11H24N2. The molecule has 0 amide bonds. The molecule has 2 heteroatoms. The van der Waals surface area contributed by atoms with Crippen LogP contribution in [0.15, 0.2) is 0 Å². The normalized spacial score (nSPS) is 26.3. The van der Waals surface area contributed by atoms with Crippen molar-refractivity contribution in [2.24, 2.45) is 5.92 Å². The Kier molecular flexibility index (Phi) is 4.74. The first-order valence-corrected chi connectivity index (χ1v) is 5.67. The van der Waals surface area contributed by atoms with E-state index in [0.717, 1.165) is 18.5 Å². The van der Waals surface area contributed by atoms with Gasteiger partial charge in [0.15, 0.2) is 0 Å². The molecule has 13 heavy (non-hydrogen) atoms. The van der Waals surface area contributed by atoms with Gasteiger partial charge in [-0.2, -0.15) is 0 Å². The van der Waals surface area contributed by atoms with Crippen molar-refractivity contribution in [3.8, 4) is 0 Å². The summed E-state index contributed by atoms with van der Waals surface area (Å²) < 4.78 is 0. The maximum Gasteiger partial charge on any atom is 0.0192 e. The van der Waals surface area contributed by atoms with Crippen LogP contribution in [0.25, 0.3) is 0 Å². The van der Waals surface area contributed by atoms with E-state index in [1.165, 1.54) is 25.8 Å². The molecule has 0 aliphatic carbocycles. The molecular weight excluding hydrogens is 160 g/mol. The van der Waals surface area contributed by atoms with Crippen LogP contribution in [0.2, 0.25) is 0 Å². The van der Waals surface area contributed by atoms with Gasteiger partial charge < -0.3 is 10.6 Å². The molecule has 0 bridgehead atoms. The van der Waals surface area contributed by atoms with Gasteiger partial charge in [0, 0.05) is 18.6 Å². The van der Waals surface area contributed by atoms with Crippen molar-refractivity contribution in [2.75, 3.05) is 13.1 Å². The van der Waals surface area contributed by atoms with Gasteiger partial charge in [0.25, 0.3) is 0 Å². The average Bonchev–Trinajstić information content (AvgIpc) is 2.15. The van der Waals surface area contributed by atoms with Crippen molar-refractivity contribution in [3.63, 3.8) is 0 Å². The lowest BCUT2D eigenvalue weighted by Crippen LogP contribution is -2.45. The van der Waals surface area contributed by atoms with Crippen LogP contribution < -0.4 is 10.6 Å². The van der Waals surface area contributed by atoms with E-state index < -0.39 is 0 Å². The second kappa shape index (κ2) is 5.61. The quantitative estimate of drug-likeness (QED) is 0.696. The molecule has 78 valence electrons. The summed E-state index contributed by atoms with van der Waals surface area (Å²) in [5, 5.41) is 7.14. The summed E-state index contributed by atoms with van der Waals surface area (Å²) >= 11 is 0. The zero-order valence-corrected chi connectivity index (χ0v) is 9.27. The highest BCUT2D eigenvalue weighted by Gasteiger charge is 2.13. The Morgan fingerprint density at radius 3 is 2.62 bits per heavy atom. The molecule has 0 aromatic carbocycles. The van der Waals surface area contributed by atoms with E-state index in [1.54, 1.807) is 0 Å². The van der Waals surface area contributed by atoms with Gasteiger partial charge in [0.05, 0.1) is 0 Å². The largest absolute Gasteiger partial charge is 0.313 e. The molecule has 0 radical (unpaired) electrons. The Labute approximate surface area is 82.5 Å². The summed E-state index contributed by atoms with van der Waals surface area (Å²) in [5.41, 5.74) is 0. The standard InChI is InChI=1S/C11H24N2/c1-9(2)10(3)13-8-11-6-4-5-7-12-11/h9-13H,4-8H2,1-3H3. The average molecular weight is 184 g/mol. The lowest BCUT2D eigenvalue weighted by atomic mass is 10.0. The van der Waals surface area contributed by atoms with E-state index in [9.17, 15) is 0 Å². The fourth-order valence-electron chi connectivity index (χ4n) is 1.66. The Morgan fingerprint density at radius 1 is 1.31 bits per heavy atom. The van der Waals surface area contributed by atoms with Gasteiger partial charge in [-0.05, 0) is 32.2 Å². The van der Waals surface area contributed by atoms with Gasteiger partial charge in [0.1, 0.15) is 0 Å². The third kappa shape index (κ3) is 4.10. The third-order valence-electron chi connectivity index (χ3n) is 3.10. The molecule has 2 nitrogen and oxygen atoms in total. The number of nitrogens with one attached hydrogen (secondary N) is 2. The van der Waals surface area contributed by atoms with Crippen molar-refractivity contribution >= 4 is 0 Å². The number of piperidine rings is 1. The smallest absolute Gasteiger partial charge is 0.0192 e. The molecule has 2 unspecified atom stereocenters. The van der Waals surface area contributed by atoms with Gasteiger partial charge >= 0.3 is 0 Å². The van der Waals surface area contributed by atoms with E-state index in [4.69, 9.17) is 0 Å². The summed E-state index contributed by atoms with van der Waals surface area (Å²) in [6.45, 7) is 9.16. The van der Waals surface area contributed by atoms with E-state index in [0.29, 0.717) is 6.04 Å².